The van der Waals surface area contributed by atoms with E-state index in [2.05, 4.69) is 18.3 Å². The second-order valence-electron chi connectivity index (χ2n) is 4.61. The van der Waals surface area contributed by atoms with Gasteiger partial charge in [-0.05, 0) is 31.9 Å². The van der Waals surface area contributed by atoms with Gasteiger partial charge in [-0.3, -0.25) is 0 Å². The number of hydrogen-bond acceptors (Lipinski definition) is 4. The molecule has 0 aromatic heterocycles. The molecule has 0 saturated heterocycles. The minimum absolute atomic E-state index is 0.590. The zero-order chi connectivity index (χ0) is 14.6. The van der Waals surface area contributed by atoms with Crippen molar-refractivity contribution >= 4 is 0 Å². The van der Waals surface area contributed by atoms with Gasteiger partial charge in [0.1, 0.15) is 11.5 Å². The summed E-state index contributed by atoms with van der Waals surface area (Å²) in [6, 6.07) is 8.05. The van der Waals surface area contributed by atoms with Gasteiger partial charge in [-0.2, -0.15) is 5.26 Å². The molecule has 0 fully saturated rings. The quantitative estimate of drug-likeness (QED) is 0.666. The summed E-state index contributed by atoms with van der Waals surface area (Å²) in [5.41, 5.74) is 1.14. The van der Waals surface area contributed by atoms with Crippen LogP contribution in [-0.2, 0) is 6.54 Å². The first-order chi connectivity index (χ1) is 9.81. The van der Waals surface area contributed by atoms with Gasteiger partial charge in [0.05, 0.1) is 19.8 Å². The monoisotopic (exact) mass is 276 g/mol. The van der Waals surface area contributed by atoms with Crippen LogP contribution in [0.4, 0.5) is 0 Å². The summed E-state index contributed by atoms with van der Waals surface area (Å²) in [6.07, 6.45) is 3.48. The number of nitriles is 1. The Balaban J connectivity index is 2.56. The Morgan fingerprint density at radius 1 is 1.30 bits per heavy atom. The fraction of sp³-hybridized carbons (Fsp3) is 0.562. The number of methoxy groups -OCH3 is 1. The van der Waals surface area contributed by atoms with Gasteiger partial charge in [-0.25, -0.2) is 0 Å². The Hall–Kier alpha value is -1.73. The van der Waals surface area contributed by atoms with Gasteiger partial charge in [0.15, 0.2) is 0 Å². The lowest BCUT2D eigenvalue weighted by Gasteiger charge is -2.13. The molecule has 4 heteroatoms. The normalized spacial score (nSPS) is 10.1. The van der Waals surface area contributed by atoms with Crippen LogP contribution in [0.15, 0.2) is 18.2 Å². The van der Waals surface area contributed by atoms with E-state index in [1.165, 1.54) is 0 Å². The first kappa shape index (κ1) is 16.3. The Morgan fingerprint density at radius 3 is 2.85 bits per heavy atom. The van der Waals surface area contributed by atoms with Crippen molar-refractivity contribution in [2.45, 2.75) is 39.2 Å². The van der Waals surface area contributed by atoms with Crippen molar-refractivity contribution in [1.29, 1.82) is 5.26 Å². The van der Waals surface area contributed by atoms with Crippen molar-refractivity contribution < 1.29 is 9.47 Å². The van der Waals surface area contributed by atoms with E-state index in [-0.39, 0.29) is 0 Å². The molecule has 0 atom stereocenters. The van der Waals surface area contributed by atoms with E-state index in [1.807, 2.05) is 18.2 Å². The molecule has 4 nitrogen and oxygen atoms in total. The predicted molar refractivity (Wildman–Crippen MR) is 80.0 cm³/mol. The number of rotatable bonds is 10. The first-order valence-electron chi connectivity index (χ1n) is 7.19. The van der Waals surface area contributed by atoms with Gasteiger partial charge in [0.2, 0.25) is 0 Å². The highest BCUT2D eigenvalue weighted by Gasteiger charge is 2.05. The van der Waals surface area contributed by atoms with Gasteiger partial charge >= 0.3 is 0 Å². The van der Waals surface area contributed by atoms with Gasteiger partial charge in [0, 0.05) is 24.6 Å². The number of ether oxygens (including phenoxy) is 2. The molecule has 0 aliphatic rings. The summed E-state index contributed by atoms with van der Waals surface area (Å²) in [5, 5.41) is 11.9. The highest BCUT2D eigenvalue weighted by Crippen LogP contribution is 2.25. The predicted octanol–water partition coefficient (Wildman–Crippen LogP) is 3.27. The van der Waals surface area contributed by atoms with Crippen molar-refractivity contribution in [3.8, 4) is 17.6 Å². The fourth-order valence-corrected chi connectivity index (χ4v) is 1.83. The lowest BCUT2D eigenvalue weighted by atomic mass is 10.2. The summed E-state index contributed by atoms with van der Waals surface area (Å²) >= 11 is 0. The van der Waals surface area contributed by atoms with E-state index in [9.17, 15) is 0 Å². The largest absolute Gasteiger partial charge is 0.497 e. The molecule has 0 saturated carbocycles. The molecule has 0 heterocycles. The summed E-state index contributed by atoms with van der Waals surface area (Å²) in [4.78, 5) is 0. The summed E-state index contributed by atoms with van der Waals surface area (Å²) < 4.78 is 11.1. The van der Waals surface area contributed by atoms with Gasteiger partial charge in [0.25, 0.3) is 0 Å². The fourth-order valence-electron chi connectivity index (χ4n) is 1.83. The minimum atomic E-state index is 0.590. The Kier molecular flexibility index (Phi) is 8.25. The zero-order valence-electron chi connectivity index (χ0n) is 12.4. The number of unbranched alkanes of at least 4 members (excludes halogenated alkanes) is 2. The molecule has 0 aliphatic carbocycles. The van der Waals surface area contributed by atoms with Crippen LogP contribution in [0, 0.1) is 11.3 Å². The van der Waals surface area contributed by atoms with Crippen molar-refractivity contribution in [3.63, 3.8) is 0 Å². The standard InChI is InChI=1S/C16H24N2O2/c1-3-10-18-13-14-7-8-15(19-2)12-16(14)20-11-6-4-5-9-17/h7-8,12,18H,3-6,10-11,13H2,1-2H3. The van der Waals surface area contributed by atoms with Crippen LogP contribution < -0.4 is 14.8 Å². The molecule has 110 valence electrons. The Labute approximate surface area is 121 Å². The van der Waals surface area contributed by atoms with Gasteiger partial charge < -0.3 is 14.8 Å². The van der Waals surface area contributed by atoms with Gasteiger partial charge in [-0.15, -0.1) is 0 Å². The van der Waals surface area contributed by atoms with Crippen LogP contribution in [0.5, 0.6) is 11.5 Å². The second kappa shape index (κ2) is 10.1. The van der Waals surface area contributed by atoms with E-state index < -0.39 is 0 Å². The molecule has 0 unspecified atom stereocenters. The Morgan fingerprint density at radius 2 is 2.15 bits per heavy atom. The average molecular weight is 276 g/mol. The number of benzene rings is 1. The second-order valence-corrected chi connectivity index (χ2v) is 4.61. The lowest BCUT2D eigenvalue weighted by Crippen LogP contribution is -2.15. The maximum atomic E-state index is 8.50. The van der Waals surface area contributed by atoms with Crippen molar-refractivity contribution in [1.82, 2.24) is 5.32 Å². The summed E-state index contributed by atoms with van der Waals surface area (Å²) in [6.45, 7) is 4.57. The van der Waals surface area contributed by atoms with Crippen molar-refractivity contribution in [2.24, 2.45) is 0 Å². The van der Waals surface area contributed by atoms with E-state index >= 15 is 0 Å². The lowest BCUT2D eigenvalue weighted by molar-refractivity contribution is 0.301. The molecule has 1 N–H and O–H groups in total. The van der Waals surface area contributed by atoms with Crippen LogP contribution in [0.3, 0.4) is 0 Å². The third kappa shape index (κ3) is 5.94. The van der Waals surface area contributed by atoms with Crippen LogP contribution >= 0.6 is 0 Å². The molecule has 20 heavy (non-hydrogen) atoms. The minimum Gasteiger partial charge on any atom is -0.497 e. The third-order valence-corrected chi connectivity index (χ3v) is 2.96. The SMILES string of the molecule is CCCNCc1ccc(OC)cc1OCCCCC#N. The highest BCUT2D eigenvalue weighted by molar-refractivity contribution is 5.40. The van der Waals surface area contributed by atoms with Crippen LogP contribution in [0.1, 0.15) is 38.2 Å². The van der Waals surface area contributed by atoms with Crippen molar-refractivity contribution in [3.05, 3.63) is 23.8 Å². The Bertz CT molecular complexity index is 427. The van der Waals surface area contributed by atoms with E-state index in [4.69, 9.17) is 14.7 Å². The molecular formula is C16H24N2O2. The molecule has 0 amide bonds. The molecule has 0 spiro atoms. The van der Waals surface area contributed by atoms with Crippen molar-refractivity contribution in [2.75, 3.05) is 20.3 Å². The van der Waals surface area contributed by atoms with Crippen LogP contribution in [0.2, 0.25) is 0 Å². The average Bonchev–Trinajstić information content (AvgIpc) is 2.48. The molecule has 1 aromatic rings. The van der Waals surface area contributed by atoms with Crippen LogP contribution in [-0.4, -0.2) is 20.3 Å². The van der Waals surface area contributed by atoms with Crippen LogP contribution in [0.25, 0.3) is 0 Å². The molecular weight excluding hydrogens is 252 g/mol. The number of hydrogen-bond donors (Lipinski definition) is 1. The molecule has 0 bridgehead atoms. The first-order valence-corrected chi connectivity index (χ1v) is 7.19. The number of nitrogens with one attached hydrogen (secondary N) is 1. The third-order valence-electron chi connectivity index (χ3n) is 2.96. The highest BCUT2D eigenvalue weighted by atomic mass is 16.5. The maximum Gasteiger partial charge on any atom is 0.127 e. The smallest absolute Gasteiger partial charge is 0.127 e. The maximum absolute atomic E-state index is 8.50. The summed E-state index contributed by atoms with van der Waals surface area (Å²) in [7, 11) is 1.65. The molecule has 0 aliphatic heterocycles. The van der Waals surface area contributed by atoms with E-state index in [0.29, 0.717) is 13.0 Å². The molecule has 1 rings (SSSR count). The summed E-state index contributed by atoms with van der Waals surface area (Å²) in [5.74, 6) is 1.67. The van der Waals surface area contributed by atoms with E-state index in [1.54, 1.807) is 7.11 Å². The van der Waals surface area contributed by atoms with E-state index in [0.717, 1.165) is 49.4 Å². The van der Waals surface area contributed by atoms with Gasteiger partial charge in [-0.1, -0.05) is 13.0 Å². The zero-order valence-corrected chi connectivity index (χ0v) is 12.4. The number of nitrogens with zero attached hydrogens (tertiary/aromatic N) is 1. The molecule has 0 radical (unpaired) electrons. The topological polar surface area (TPSA) is 54.3 Å². The molecule has 1 aromatic carbocycles.